The van der Waals surface area contributed by atoms with Gasteiger partial charge in [-0.2, -0.15) is 0 Å². The quantitative estimate of drug-likeness (QED) is 0.816. The van der Waals surface area contributed by atoms with E-state index in [1.54, 1.807) is 0 Å². The highest BCUT2D eigenvalue weighted by Gasteiger charge is 2.22. The SMILES string of the molecule is CC1CCNCC1NC(=O)CCC(=O)c1ccc(F)cc1.Cl. The molecule has 1 aromatic carbocycles. The summed E-state index contributed by atoms with van der Waals surface area (Å²) in [5.74, 6) is -0.169. The Morgan fingerprint density at radius 2 is 1.95 bits per heavy atom. The Morgan fingerprint density at radius 3 is 2.59 bits per heavy atom. The van der Waals surface area contributed by atoms with Crippen molar-refractivity contribution in [2.75, 3.05) is 13.1 Å². The van der Waals surface area contributed by atoms with E-state index in [0.29, 0.717) is 11.5 Å². The molecule has 1 saturated heterocycles. The van der Waals surface area contributed by atoms with Crippen molar-refractivity contribution < 1.29 is 14.0 Å². The van der Waals surface area contributed by atoms with Crippen LogP contribution in [0.15, 0.2) is 24.3 Å². The van der Waals surface area contributed by atoms with Crippen LogP contribution in [0.3, 0.4) is 0 Å². The lowest BCUT2D eigenvalue weighted by molar-refractivity contribution is -0.122. The van der Waals surface area contributed by atoms with Crippen LogP contribution in [0.2, 0.25) is 0 Å². The highest BCUT2D eigenvalue weighted by Crippen LogP contribution is 2.12. The minimum Gasteiger partial charge on any atom is -0.352 e. The van der Waals surface area contributed by atoms with Gasteiger partial charge in [-0.25, -0.2) is 4.39 Å². The minimum absolute atomic E-state index is 0. The van der Waals surface area contributed by atoms with Crippen LogP contribution in [0.25, 0.3) is 0 Å². The van der Waals surface area contributed by atoms with Crippen LogP contribution in [-0.2, 0) is 4.79 Å². The van der Waals surface area contributed by atoms with Crippen molar-refractivity contribution >= 4 is 24.1 Å². The van der Waals surface area contributed by atoms with Crippen LogP contribution in [-0.4, -0.2) is 30.8 Å². The number of piperidine rings is 1. The fourth-order valence-corrected chi connectivity index (χ4v) is 2.47. The van der Waals surface area contributed by atoms with Crippen molar-refractivity contribution in [3.8, 4) is 0 Å². The average Bonchev–Trinajstić information content (AvgIpc) is 2.48. The fourth-order valence-electron chi connectivity index (χ4n) is 2.47. The molecule has 22 heavy (non-hydrogen) atoms. The van der Waals surface area contributed by atoms with E-state index in [9.17, 15) is 14.0 Å². The summed E-state index contributed by atoms with van der Waals surface area (Å²) in [5.41, 5.74) is 0.442. The van der Waals surface area contributed by atoms with Crippen LogP contribution in [0.4, 0.5) is 4.39 Å². The number of carbonyl (C=O) groups is 2. The van der Waals surface area contributed by atoms with Crippen molar-refractivity contribution in [3.05, 3.63) is 35.6 Å². The van der Waals surface area contributed by atoms with Crippen LogP contribution in [0, 0.1) is 11.7 Å². The predicted molar refractivity (Wildman–Crippen MR) is 85.8 cm³/mol. The molecule has 2 unspecified atom stereocenters. The first-order chi connectivity index (χ1) is 10.1. The molecule has 0 radical (unpaired) electrons. The second kappa shape index (κ2) is 8.86. The molecule has 0 saturated carbocycles. The molecule has 1 aliphatic rings. The first-order valence-electron chi connectivity index (χ1n) is 7.35. The molecular weight excluding hydrogens is 307 g/mol. The van der Waals surface area contributed by atoms with Gasteiger partial charge < -0.3 is 10.6 Å². The third kappa shape index (κ3) is 5.39. The Bertz CT molecular complexity index is 507. The summed E-state index contributed by atoms with van der Waals surface area (Å²) in [5, 5.41) is 6.22. The molecule has 6 heteroatoms. The summed E-state index contributed by atoms with van der Waals surface area (Å²) in [7, 11) is 0. The number of hydrogen-bond donors (Lipinski definition) is 2. The summed E-state index contributed by atoms with van der Waals surface area (Å²) in [4.78, 5) is 23.8. The number of amides is 1. The van der Waals surface area contributed by atoms with Gasteiger partial charge in [0.25, 0.3) is 0 Å². The lowest BCUT2D eigenvalue weighted by Gasteiger charge is -2.30. The minimum atomic E-state index is -0.372. The highest BCUT2D eigenvalue weighted by molar-refractivity contribution is 5.97. The van der Waals surface area contributed by atoms with Gasteiger partial charge in [-0.3, -0.25) is 9.59 Å². The Balaban J connectivity index is 0.00000242. The van der Waals surface area contributed by atoms with Crippen molar-refractivity contribution in [3.63, 3.8) is 0 Å². The summed E-state index contributed by atoms with van der Waals surface area (Å²) < 4.78 is 12.8. The number of hydrogen-bond acceptors (Lipinski definition) is 3. The van der Waals surface area contributed by atoms with E-state index in [2.05, 4.69) is 17.6 Å². The van der Waals surface area contributed by atoms with Crippen molar-refractivity contribution in [2.24, 2.45) is 5.92 Å². The van der Waals surface area contributed by atoms with E-state index >= 15 is 0 Å². The third-order valence-electron chi connectivity index (χ3n) is 3.92. The number of nitrogens with one attached hydrogen (secondary N) is 2. The molecule has 1 aromatic rings. The Kier molecular flexibility index (Phi) is 7.48. The van der Waals surface area contributed by atoms with Crippen LogP contribution >= 0.6 is 12.4 Å². The van der Waals surface area contributed by atoms with Crippen molar-refractivity contribution in [1.82, 2.24) is 10.6 Å². The number of ketones is 1. The van der Waals surface area contributed by atoms with Crippen molar-refractivity contribution in [1.29, 1.82) is 0 Å². The van der Waals surface area contributed by atoms with E-state index in [-0.39, 0.29) is 48.8 Å². The number of halogens is 2. The van der Waals surface area contributed by atoms with Gasteiger partial charge >= 0.3 is 0 Å². The lowest BCUT2D eigenvalue weighted by Crippen LogP contribution is -2.50. The smallest absolute Gasteiger partial charge is 0.220 e. The van der Waals surface area contributed by atoms with Gasteiger partial charge in [0.05, 0.1) is 0 Å². The van der Waals surface area contributed by atoms with Crippen LogP contribution in [0.1, 0.15) is 36.5 Å². The molecule has 1 amide bonds. The predicted octanol–water partition coefficient (Wildman–Crippen LogP) is 2.32. The van der Waals surface area contributed by atoms with Gasteiger partial charge in [0, 0.05) is 31.0 Å². The van der Waals surface area contributed by atoms with Crippen molar-refractivity contribution in [2.45, 2.75) is 32.2 Å². The molecule has 0 bridgehead atoms. The second-order valence-electron chi connectivity index (χ2n) is 5.57. The Hall–Kier alpha value is -1.46. The van der Waals surface area contributed by atoms with E-state index in [0.717, 1.165) is 19.5 Å². The van der Waals surface area contributed by atoms with Gasteiger partial charge in [0.1, 0.15) is 5.82 Å². The zero-order valence-electron chi connectivity index (χ0n) is 12.6. The maximum atomic E-state index is 12.8. The number of carbonyl (C=O) groups excluding carboxylic acids is 2. The molecular formula is C16H22ClFN2O2. The van der Waals surface area contributed by atoms with E-state index in [1.807, 2.05) is 0 Å². The Labute approximate surface area is 136 Å². The largest absolute Gasteiger partial charge is 0.352 e. The monoisotopic (exact) mass is 328 g/mol. The van der Waals surface area contributed by atoms with Gasteiger partial charge in [0.2, 0.25) is 5.91 Å². The summed E-state index contributed by atoms with van der Waals surface area (Å²) >= 11 is 0. The molecule has 2 N–H and O–H groups in total. The van der Waals surface area contributed by atoms with Gasteiger partial charge in [0.15, 0.2) is 5.78 Å². The summed E-state index contributed by atoms with van der Waals surface area (Å²) in [6.07, 6.45) is 1.35. The Morgan fingerprint density at radius 1 is 1.27 bits per heavy atom. The van der Waals surface area contributed by atoms with Gasteiger partial charge in [-0.05, 0) is 43.1 Å². The molecule has 0 aromatic heterocycles. The molecule has 122 valence electrons. The summed E-state index contributed by atoms with van der Waals surface area (Å²) in [6.45, 7) is 3.88. The molecule has 2 rings (SSSR count). The topological polar surface area (TPSA) is 58.2 Å². The van der Waals surface area contributed by atoms with E-state index < -0.39 is 0 Å². The third-order valence-corrected chi connectivity index (χ3v) is 3.92. The molecule has 4 nitrogen and oxygen atoms in total. The average molecular weight is 329 g/mol. The normalized spacial score (nSPS) is 20.8. The van der Waals surface area contributed by atoms with Gasteiger partial charge in [-0.15, -0.1) is 12.4 Å². The number of Topliss-reactive ketones (excluding diaryl/α,β-unsaturated/α-hetero) is 1. The fraction of sp³-hybridized carbons (Fsp3) is 0.500. The maximum absolute atomic E-state index is 12.8. The second-order valence-corrected chi connectivity index (χ2v) is 5.57. The zero-order chi connectivity index (χ0) is 15.2. The maximum Gasteiger partial charge on any atom is 0.220 e. The highest BCUT2D eigenvalue weighted by atomic mass is 35.5. The molecule has 1 fully saturated rings. The number of benzene rings is 1. The molecule has 0 spiro atoms. The van der Waals surface area contributed by atoms with Gasteiger partial charge in [-0.1, -0.05) is 6.92 Å². The lowest BCUT2D eigenvalue weighted by atomic mass is 9.94. The van der Waals surface area contributed by atoms with Crippen LogP contribution in [0.5, 0.6) is 0 Å². The molecule has 1 aliphatic heterocycles. The first kappa shape index (κ1) is 18.6. The molecule has 1 heterocycles. The van der Waals surface area contributed by atoms with Crippen LogP contribution < -0.4 is 10.6 Å². The molecule has 0 aliphatic carbocycles. The molecule has 2 atom stereocenters. The summed E-state index contributed by atoms with van der Waals surface area (Å²) in [6, 6.07) is 5.53. The number of rotatable bonds is 5. The zero-order valence-corrected chi connectivity index (χ0v) is 13.4. The van der Waals surface area contributed by atoms with E-state index in [1.165, 1.54) is 24.3 Å². The standard InChI is InChI=1S/C16H21FN2O2.ClH/c1-11-8-9-18-10-14(11)19-16(21)7-6-15(20)12-2-4-13(17)5-3-12;/h2-5,11,14,18H,6-10H2,1H3,(H,19,21);1H. The van der Waals surface area contributed by atoms with E-state index in [4.69, 9.17) is 0 Å². The first-order valence-corrected chi connectivity index (χ1v) is 7.35.